The van der Waals surface area contributed by atoms with Crippen molar-refractivity contribution in [2.24, 2.45) is 5.92 Å². The Bertz CT molecular complexity index is 216. The van der Waals surface area contributed by atoms with Gasteiger partial charge in [-0.3, -0.25) is 0 Å². The zero-order valence-corrected chi connectivity index (χ0v) is 16.8. The highest BCUT2D eigenvalue weighted by Gasteiger charge is 2.21. The van der Waals surface area contributed by atoms with Gasteiger partial charge in [-0.25, -0.2) is 0 Å². The predicted octanol–water partition coefficient (Wildman–Crippen LogP) is 8.51. The number of unbranched alkanes of at least 4 members (excludes halogenated alkanes) is 13. The smallest absolute Gasteiger partial charge is 0.0416 e. The monoisotopic (exact) mass is 330 g/mol. The minimum atomic E-state index is -0.0312. The van der Waals surface area contributed by atoms with E-state index in [2.05, 4.69) is 27.7 Å². The molecule has 0 saturated carbocycles. The number of rotatable bonds is 16. The first kappa shape index (κ1) is 22.3. The fourth-order valence-electron chi connectivity index (χ4n) is 2.99. The molecule has 0 nitrogen and oxygen atoms in total. The molecular formula is C21H43Cl. The Hall–Kier alpha value is 0.290. The highest BCUT2D eigenvalue weighted by molar-refractivity contribution is 6.23. The van der Waals surface area contributed by atoms with Crippen LogP contribution in [-0.4, -0.2) is 4.87 Å². The molecule has 1 unspecified atom stereocenters. The summed E-state index contributed by atoms with van der Waals surface area (Å²) in [6.07, 6.45) is 21.4. The molecular weight excluding hydrogens is 288 g/mol. The lowest BCUT2D eigenvalue weighted by molar-refractivity contribution is 0.400. The van der Waals surface area contributed by atoms with Crippen LogP contribution in [0.3, 0.4) is 0 Å². The van der Waals surface area contributed by atoms with Crippen LogP contribution in [0.15, 0.2) is 0 Å². The van der Waals surface area contributed by atoms with Gasteiger partial charge >= 0.3 is 0 Å². The highest BCUT2D eigenvalue weighted by Crippen LogP contribution is 2.28. The van der Waals surface area contributed by atoms with E-state index in [1.165, 1.54) is 96.3 Å². The maximum atomic E-state index is 6.34. The lowest BCUT2D eigenvalue weighted by Gasteiger charge is -2.24. The highest BCUT2D eigenvalue weighted by atomic mass is 35.5. The summed E-state index contributed by atoms with van der Waals surface area (Å²) in [4.78, 5) is -0.0312. The molecule has 134 valence electrons. The van der Waals surface area contributed by atoms with E-state index in [1.54, 1.807) is 0 Å². The molecule has 0 N–H and O–H groups in total. The molecule has 0 heterocycles. The van der Waals surface area contributed by atoms with Crippen molar-refractivity contribution in [2.75, 3.05) is 0 Å². The van der Waals surface area contributed by atoms with Gasteiger partial charge in [0.25, 0.3) is 0 Å². The van der Waals surface area contributed by atoms with E-state index in [0.717, 1.165) is 0 Å². The lowest BCUT2D eigenvalue weighted by atomic mass is 9.91. The average molecular weight is 331 g/mol. The van der Waals surface area contributed by atoms with Crippen LogP contribution < -0.4 is 0 Å². The van der Waals surface area contributed by atoms with Crippen LogP contribution in [-0.2, 0) is 0 Å². The van der Waals surface area contributed by atoms with Crippen LogP contribution in [0, 0.1) is 5.92 Å². The summed E-state index contributed by atoms with van der Waals surface area (Å²) in [5, 5.41) is 0. The van der Waals surface area contributed by atoms with Crippen molar-refractivity contribution in [3.05, 3.63) is 0 Å². The number of halogens is 1. The molecule has 22 heavy (non-hydrogen) atoms. The molecule has 1 heteroatoms. The van der Waals surface area contributed by atoms with Gasteiger partial charge < -0.3 is 0 Å². The van der Waals surface area contributed by atoms with Gasteiger partial charge in [0.05, 0.1) is 0 Å². The average Bonchev–Trinajstić information content (AvgIpc) is 2.46. The molecule has 0 aromatic heterocycles. The Balaban J connectivity index is 3.12. The third kappa shape index (κ3) is 15.2. The minimum absolute atomic E-state index is 0.0312. The van der Waals surface area contributed by atoms with Crippen molar-refractivity contribution in [1.29, 1.82) is 0 Å². The first-order valence-corrected chi connectivity index (χ1v) is 10.5. The molecule has 0 radical (unpaired) electrons. The largest absolute Gasteiger partial charge is 0.120 e. The van der Waals surface area contributed by atoms with Crippen LogP contribution in [0.2, 0.25) is 0 Å². The normalized spacial score (nSPS) is 13.5. The van der Waals surface area contributed by atoms with Gasteiger partial charge in [-0.05, 0) is 26.2 Å². The van der Waals surface area contributed by atoms with Crippen molar-refractivity contribution in [2.45, 2.75) is 129 Å². The van der Waals surface area contributed by atoms with Crippen LogP contribution in [0.5, 0.6) is 0 Å². The Morgan fingerprint density at radius 1 is 0.636 bits per heavy atom. The SMILES string of the molecule is CCCCCCCCCCCCCCCCC(C)C(C)(C)Cl. The van der Waals surface area contributed by atoms with E-state index in [4.69, 9.17) is 11.6 Å². The first-order chi connectivity index (χ1) is 10.5. The fourth-order valence-corrected chi connectivity index (χ4v) is 3.10. The maximum Gasteiger partial charge on any atom is 0.0416 e. The van der Waals surface area contributed by atoms with E-state index in [1.807, 2.05) is 0 Å². The molecule has 0 aliphatic rings. The van der Waals surface area contributed by atoms with Crippen LogP contribution in [0.25, 0.3) is 0 Å². The Labute approximate surface area is 146 Å². The third-order valence-corrected chi connectivity index (χ3v) is 5.54. The van der Waals surface area contributed by atoms with Crippen LogP contribution in [0.4, 0.5) is 0 Å². The summed E-state index contributed by atoms with van der Waals surface area (Å²) in [7, 11) is 0. The molecule has 0 rings (SSSR count). The third-order valence-electron chi connectivity index (χ3n) is 5.16. The fraction of sp³-hybridized carbons (Fsp3) is 1.00. The second-order valence-corrected chi connectivity index (χ2v) is 8.82. The summed E-state index contributed by atoms with van der Waals surface area (Å²) >= 11 is 6.34. The summed E-state index contributed by atoms with van der Waals surface area (Å²) in [5.74, 6) is 0.631. The second kappa shape index (κ2) is 14.9. The van der Waals surface area contributed by atoms with E-state index in [0.29, 0.717) is 5.92 Å². The molecule has 0 aliphatic carbocycles. The van der Waals surface area contributed by atoms with E-state index in [-0.39, 0.29) is 4.87 Å². The van der Waals surface area contributed by atoms with E-state index in [9.17, 15) is 0 Å². The van der Waals surface area contributed by atoms with Crippen molar-refractivity contribution in [3.63, 3.8) is 0 Å². The maximum absolute atomic E-state index is 6.34. The molecule has 0 aliphatic heterocycles. The molecule has 0 bridgehead atoms. The van der Waals surface area contributed by atoms with Gasteiger partial charge in [0.15, 0.2) is 0 Å². The van der Waals surface area contributed by atoms with Gasteiger partial charge in [-0.15, -0.1) is 11.6 Å². The zero-order chi connectivity index (χ0) is 16.7. The summed E-state index contributed by atoms with van der Waals surface area (Å²) in [6.45, 7) is 8.86. The van der Waals surface area contributed by atoms with Crippen molar-refractivity contribution in [1.82, 2.24) is 0 Å². The first-order valence-electron chi connectivity index (χ1n) is 10.2. The van der Waals surface area contributed by atoms with Gasteiger partial charge in [0, 0.05) is 4.87 Å². The standard InChI is InChI=1S/C21H43Cl/c1-5-6-7-8-9-10-11-12-13-14-15-16-17-18-19-20(2)21(3,4)22/h20H,5-19H2,1-4H3. The van der Waals surface area contributed by atoms with Gasteiger partial charge in [-0.2, -0.15) is 0 Å². The molecule has 0 amide bonds. The van der Waals surface area contributed by atoms with Gasteiger partial charge in [-0.1, -0.05) is 104 Å². The van der Waals surface area contributed by atoms with Crippen LogP contribution >= 0.6 is 11.6 Å². The van der Waals surface area contributed by atoms with Gasteiger partial charge in [0.1, 0.15) is 0 Å². The zero-order valence-electron chi connectivity index (χ0n) is 16.1. The number of hydrogen-bond acceptors (Lipinski definition) is 0. The Morgan fingerprint density at radius 3 is 1.27 bits per heavy atom. The summed E-state index contributed by atoms with van der Waals surface area (Å²) in [6, 6.07) is 0. The molecule has 0 saturated heterocycles. The molecule has 0 aromatic carbocycles. The topological polar surface area (TPSA) is 0 Å². The quantitative estimate of drug-likeness (QED) is 0.196. The van der Waals surface area contributed by atoms with Crippen LogP contribution in [0.1, 0.15) is 124 Å². The Kier molecular flexibility index (Phi) is 15.1. The van der Waals surface area contributed by atoms with E-state index >= 15 is 0 Å². The number of hydrogen-bond donors (Lipinski definition) is 0. The van der Waals surface area contributed by atoms with Crippen molar-refractivity contribution in [3.8, 4) is 0 Å². The summed E-state index contributed by atoms with van der Waals surface area (Å²) in [5.41, 5.74) is 0. The van der Waals surface area contributed by atoms with Crippen molar-refractivity contribution < 1.29 is 0 Å². The van der Waals surface area contributed by atoms with Crippen molar-refractivity contribution >= 4 is 11.6 Å². The second-order valence-electron chi connectivity index (χ2n) is 7.85. The van der Waals surface area contributed by atoms with Gasteiger partial charge in [0.2, 0.25) is 0 Å². The summed E-state index contributed by atoms with van der Waals surface area (Å²) < 4.78 is 0. The molecule has 1 atom stereocenters. The lowest BCUT2D eigenvalue weighted by Crippen LogP contribution is -2.21. The molecule has 0 aromatic rings. The minimum Gasteiger partial charge on any atom is -0.120 e. The molecule has 0 fully saturated rings. The Morgan fingerprint density at radius 2 is 0.955 bits per heavy atom. The number of alkyl halides is 1. The predicted molar refractivity (Wildman–Crippen MR) is 104 cm³/mol. The molecule has 0 spiro atoms. The van der Waals surface area contributed by atoms with E-state index < -0.39 is 0 Å².